The zero-order chi connectivity index (χ0) is 26.3. The molecule has 0 fully saturated rings. The van der Waals surface area contributed by atoms with E-state index in [1.54, 1.807) is 72.0 Å². The predicted molar refractivity (Wildman–Crippen MR) is 155 cm³/mol. The van der Waals surface area contributed by atoms with Crippen molar-refractivity contribution in [2.24, 2.45) is 0 Å². The van der Waals surface area contributed by atoms with Crippen LogP contribution in [0.1, 0.15) is 25.6 Å². The van der Waals surface area contributed by atoms with Gasteiger partial charge >= 0.3 is 0 Å². The van der Waals surface area contributed by atoms with Gasteiger partial charge in [0, 0.05) is 39.1 Å². The molecular weight excluding hydrogens is 494 g/mol. The minimum absolute atomic E-state index is 0.238. The summed E-state index contributed by atoms with van der Waals surface area (Å²) in [6.07, 6.45) is 1.87. The maximum atomic E-state index is 12.8. The molecule has 5 rings (SSSR count). The van der Waals surface area contributed by atoms with Gasteiger partial charge in [0.25, 0.3) is 11.8 Å². The summed E-state index contributed by atoms with van der Waals surface area (Å²) < 4.78 is 0. The first-order chi connectivity index (χ1) is 18.5. The molecule has 0 aliphatic carbocycles. The average Bonchev–Trinajstić information content (AvgIpc) is 3.43. The van der Waals surface area contributed by atoms with Crippen molar-refractivity contribution in [3.05, 3.63) is 125 Å². The molecule has 2 amide bonds. The largest absolute Gasteiger partial charge is 0.397 e. The number of aromatic nitrogens is 1. The lowest BCUT2D eigenvalue weighted by Crippen LogP contribution is -2.14. The van der Waals surface area contributed by atoms with Gasteiger partial charge in [0.15, 0.2) is 0 Å². The van der Waals surface area contributed by atoms with Gasteiger partial charge in [0.2, 0.25) is 0 Å². The molecule has 1 heterocycles. The summed E-state index contributed by atoms with van der Waals surface area (Å²) >= 11 is 1.61. The van der Waals surface area contributed by atoms with Gasteiger partial charge in [-0.05, 0) is 60.7 Å². The number of nitrogens with one attached hydrogen (secondary N) is 3. The average molecular weight is 520 g/mol. The Hall–Kier alpha value is -4.95. The molecule has 0 unspecified atom stereocenters. The zero-order valence-corrected chi connectivity index (χ0v) is 21.2. The SMILES string of the molecule is Nc1ccccc1NC(=O)c1ccc(NC(=O)c2ccc(-c3ncc(CNc4ccccc4)s3)cc2)cc1. The Morgan fingerprint density at radius 2 is 1.34 bits per heavy atom. The van der Waals surface area contributed by atoms with E-state index in [1.165, 1.54) is 0 Å². The molecule has 1 aromatic heterocycles. The molecule has 0 bridgehead atoms. The van der Waals surface area contributed by atoms with Crippen molar-refractivity contribution < 1.29 is 9.59 Å². The smallest absolute Gasteiger partial charge is 0.255 e. The van der Waals surface area contributed by atoms with E-state index in [1.807, 2.05) is 48.7 Å². The molecule has 0 saturated carbocycles. The van der Waals surface area contributed by atoms with Gasteiger partial charge < -0.3 is 21.7 Å². The number of nitrogens with zero attached hydrogens (tertiary/aromatic N) is 1. The van der Waals surface area contributed by atoms with E-state index in [2.05, 4.69) is 20.9 Å². The molecule has 38 heavy (non-hydrogen) atoms. The van der Waals surface area contributed by atoms with Crippen molar-refractivity contribution in [1.82, 2.24) is 4.98 Å². The van der Waals surface area contributed by atoms with Crippen LogP contribution in [0.4, 0.5) is 22.7 Å². The zero-order valence-electron chi connectivity index (χ0n) is 20.3. The van der Waals surface area contributed by atoms with E-state index < -0.39 is 0 Å². The highest BCUT2D eigenvalue weighted by Crippen LogP contribution is 2.26. The van der Waals surface area contributed by atoms with Crippen LogP contribution in [0.3, 0.4) is 0 Å². The van der Waals surface area contributed by atoms with Crippen molar-refractivity contribution >= 4 is 45.9 Å². The van der Waals surface area contributed by atoms with Crippen LogP contribution in [0.15, 0.2) is 109 Å². The molecule has 0 aliphatic rings. The van der Waals surface area contributed by atoms with Crippen molar-refractivity contribution in [3.63, 3.8) is 0 Å². The molecule has 0 atom stereocenters. The van der Waals surface area contributed by atoms with Crippen LogP contribution in [0.25, 0.3) is 10.6 Å². The number of amides is 2. The van der Waals surface area contributed by atoms with Gasteiger partial charge in [-0.25, -0.2) is 4.98 Å². The Bertz CT molecular complexity index is 1550. The van der Waals surface area contributed by atoms with Gasteiger partial charge in [-0.1, -0.05) is 42.5 Å². The monoisotopic (exact) mass is 519 g/mol. The summed E-state index contributed by atoms with van der Waals surface area (Å²) in [5.74, 6) is -0.518. The number of benzene rings is 4. The topological polar surface area (TPSA) is 109 Å². The van der Waals surface area contributed by atoms with Crippen molar-refractivity contribution in [1.29, 1.82) is 0 Å². The number of nitrogens with two attached hydrogens (primary N) is 1. The molecule has 5 aromatic rings. The van der Waals surface area contributed by atoms with Crippen LogP contribution in [0.5, 0.6) is 0 Å². The Morgan fingerprint density at radius 3 is 2.05 bits per heavy atom. The fourth-order valence-corrected chi connectivity index (χ4v) is 4.60. The number of carbonyl (C=O) groups excluding carboxylic acids is 2. The molecule has 4 aromatic carbocycles. The summed E-state index contributed by atoms with van der Waals surface area (Å²) in [5.41, 5.74) is 10.5. The van der Waals surface area contributed by atoms with Crippen LogP contribution >= 0.6 is 11.3 Å². The van der Waals surface area contributed by atoms with Crippen LogP contribution in [0.2, 0.25) is 0 Å². The van der Waals surface area contributed by atoms with Gasteiger partial charge in [0.05, 0.1) is 17.9 Å². The molecule has 0 aliphatic heterocycles. The second-order valence-electron chi connectivity index (χ2n) is 8.50. The fourth-order valence-electron chi connectivity index (χ4n) is 3.75. The number of carbonyl (C=O) groups is 2. The quantitative estimate of drug-likeness (QED) is 0.175. The summed E-state index contributed by atoms with van der Waals surface area (Å²) in [4.78, 5) is 30.9. The van der Waals surface area contributed by atoms with E-state index in [0.29, 0.717) is 34.7 Å². The highest BCUT2D eigenvalue weighted by Gasteiger charge is 2.11. The minimum Gasteiger partial charge on any atom is -0.397 e. The lowest BCUT2D eigenvalue weighted by molar-refractivity contribution is 0.102. The Morgan fingerprint density at radius 1 is 0.711 bits per heavy atom. The third-order valence-corrected chi connectivity index (χ3v) is 6.85. The molecular formula is C30H25N5O2S. The molecule has 0 spiro atoms. The van der Waals surface area contributed by atoms with Gasteiger partial charge in [-0.2, -0.15) is 0 Å². The summed E-state index contributed by atoms with van der Waals surface area (Å²) in [6, 6.07) is 31.1. The molecule has 5 N–H and O–H groups in total. The number of hydrogen-bond acceptors (Lipinski definition) is 6. The molecule has 188 valence electrons. The standard InChI is InChI=1S/C30H25N5O2S/c31-26-8-4-5-9-27(26)35-29(37)21-14-16-24(17-15-21)34-28(36)20-10-12-22(13-11-20)30-33-19-25(38-30)18-32-23-6-2-1-3-7-23/h1-17,19,32H,18,31H2,(H,34,36)(H,35,37). The first-order valence-electron chi connectivity index (χ1n) is 12.0. The number of thiazole rings is 1. The maximum Gasteiger partial charge on any atom is 0.255 e. The number of rotatable bonds is 8. The number of nitrogen functional groups attached to an aromatic ring is 1. The Labute approximate surface area is 224 Å². The van der Waals surface area contributed by atoms with Crippen LogP contribution in [0, 0.1) is 0 Å². The molecule has 7 nitrogen and oxygen atoms in total. The molecule has 8 heteroatoms. The second-order valence-corrected chi connectivity index (χ2v) is 9.62. The summed E-state index contributed by atoms with van der Waals surface area (Å²) in [5, 5.41) is 9.94. The summed E-state index contributed by atoms with van der Waals surface area (Å²) in [7, 11) is 0. The Kier molecular flexibility index (Phi) is 7.42. The molecule has 0 radical (unpaired) electrons. The van der Waals surface area contributed by atoms with E-state index in [-0.39, 0.29) is 11.8 Å². The number of hydrogen-bond donors (Lipinski definition) is 4. The van der Waals surface area contributed by atoms with Gasteiger partial charge in [0.1, 0.15) is 5.01 Å². The van der Waals surface area contributed by atoms with E-state index >= 15 is 0 Å². The van der Waals surface area contributed by atoms with Crippen LogP contribution in [-0.4, -0.2) is 16.8 Å². The minimum atomic E-state index is -0.280. The lowest BCUT2D eigenvalue weighted by atomic mass is 10.1. The highest BCUT2D eigenvalue weighted by atomic mass is 32.1. The third kappa shape index (κ3) is 6.05. The number of anilines is 4. The normalized spacial score (nSPS) is 10.5. The number of para-hydroxylation sites is 3. The first-order valence-corrected chi connectivity index (χ1v) is 12.8. The van der Waals surface area contributed by atoms with Crippen LogP contribution in [-0.2, 0) is 6.54 Å². The predicted octanol–water partition coefficient (Wildman–Crippen LogP) is 6.51. The maximum absolute atomic E-state index is 12.8. The first kappa shape index (κ1) is 24.7. The van der Waals surface area contributed by atoms with E-state index in [9.17, 15) is 9.59 Å². The van der Waals surface area contributed by atoms with E-state index in [4.69, 9.17) is 5.73 Å². The van der Waals surface area contributed by atoms with Gasteiger partial charge in [-0.15, -0.1) is 11.3 Å². The van der Waals surface area contributed by atoms with Crippen molar-refractivity contribution in [3.8, 4) is 10.6 Å². The summed E-state index contributed by atoms with van der Waals surface area (Å²) in [6.45, 7) is 0.697. The fraction of sp³-hybridized carbons (Fsp3) is 0.0333. The van der Waals surface area contributed by atoms with Crippen molar-refractivity contribution in [2.75, 3.05) is 21.7 Å². The lowest BCUT2D eigenvalue weighted by Gasteiger charge is -2.09. The molecule has 0 saturated heterocycles. The Balaban J connectivity index is 1.17. The van der Waals surface area contributed by atoms with Gasteiger partial charge in [-0.3, -0.25) is 9.59 Å². The van der Waals surface area contributed by atoms with Crippen molar-refractivity contribution in [2.45, 2.75) is 6.54 Å². The second kappa shape index (κ2) is 11.4. The third-order valence-electron chi connectivity index (χ3n) is 5.80. The van der Waals surface area contributed by atoms with Crippen LogP contribution < -0.4 is 21.7 Å². The highest BCUT2D eigenvalue weighted by molar-refractivity contribution is 7.15. The van der Waals surface area contributed by atoms with E-state index in [0.717, 1.165) is 21.1 Å².